The number of carbonyl (C=O) groups is 2. The first-order chi connectivity index (χ1) is 7.65. The van der Waals surface area contributed by atoms with E-state index in [2.05, 4.69) is 4.90 Å². The number of furan rings is 1. The van der Waals surface area contributed by atoms with Crippen LogP contribution in [0.3, 0.4) is 0 Å². The first-order valence-corrected chi connectivity index (χ1v) is 5.28. The van der Waals surface area contributed by atoms with E-state index in [1.165, 1.54) is 0 Å². The summed E-state index contributed by atoms with van der Waals surface area (Å²) in [5.74, 6) is 0.653. The van der Waals surface area contributed by atoms with Gasteiger partial charge in [0.15, 0.2) is 5.76 Å². The third-order valence-electron chi connectivity index (χ3n) is 2.70. The van der Waals surface area contributed by atoms with Crippen LogP contribution in [-0.2, 0) is 11.3 Å². The molecular weight excluding hydrogens is 208 g/mol. The molecule has 2 rings (SSSR count). The van der Waals surface area contributed by atoms with Gasteiger partial charge in [-0.1, -0.05) is 0 Å². The van der Waals surface area contributed by atoms with Gasteiger partial charge in [0.05, 0.1) is 6.54 Å². The van der Waals surface area contributed by atoms with Crippen molar-refractivity contribution in [2.45, 2.75) is 19.4 Å². The topological polar surface area (TPSA) is 76.5 Å². The molecule has 0 aromatic carbocycles. The predicted octanol–water partition coefficient (Wildman–Crippen LogP) is 0.543. The lowest BCUT2D eigenvalue weighted by atomic mass is 10.1. The van der Waals surface area contributed by atoms with Gasteiger partial charge in [0.2, 0.25) is 0 Å². The Bertz CT molecular complexity index is 401. The number of nitrogens with zero attached hydrogens (tertiary/aromatic N) is 1. The molecule has 2 N–H and O–H groups in total. The largest absolute Gasteiger partial charge is 0.455 e. The van der Waals surface area contributed by atoms with E-state index in [0.29, 0.717) is 30.9 Å². The van der Waals surface area contributed by atoms with Crippen LogP contribution in [0, 0.1) is 0 Å². The summed E-state index contributed by atoms with van der Waals surface area (Å²) in [5.41, 5.74) is 5.09. The summed E-state index contributed by atoms with van der Waals surface area (Å²) in [6, 6.07) is 3.32. The van der Waals surface area contributed by atoms with E-state index >= 15 is 0 Å². The van der Waals surface area contributed by atoms with Crippen molar-refractivity contribution in [3.8, 4) is 0 Å². The molecule has 5 heteroatoms. The minimum atomic E-state index is -0.555. The molecule has 1 aromatic rings. The Balaban J connectivity index is 1.93. The number of hydrogen-bond donors (Lipinski definition) is 1. The number of nitrogens with two attached hydrogens (primary N) is 1. The zero-order valence-electron chi connectivity index (χ0n) is 8.94. The number of primary amides is 1. The summed E-state index contributed by atoms with van der Waals surface area (Å²) in [5, 5.41) is 0. The Hall–Kier alpha value is -1.62. The number of hydrogen-bond acceptors (Lipinski definition) is 4. The lowest BCUT2D eigenvalue weighted by Crippen LogP contribution is -2.33. The third kappa shape index (κ3) is 2.49. The highest BCUT2D eigenvalue weighted by Gasteiger charge is 2.17. The molecule has 5 nitrogen and oxygen atoms in total. The Morgan fingerprint density at radius 3 is 2.62 bits per heavy atom. The quantitative estimate of drug-likeness (QED) is 0.810. The number of likely N-dealkylation sites (tertiary alicyclic amines) is 1. The third-order valence-corrected chi connectivity index (χ3v) is 2.70. The Morgan fingerprint density at radius 2 is 2.06 bits per heavy atom. The second kappa shape index (κ2) is 4.49. The lowest BCUT2D eigenvalue weighted by molar-refractivity contribution is -0.121. The van der Waals surface area contributed by atoms with E-state index in [-0.39, 0.29) is 5.76 Å². The van der Waals surface area contributed by atoms with Gasteiger partial charge in [-0.2, -0.15) is 0 Å². The molecule has 0 aliphatic carbocycles. The highest BCUT2D eigenvalue weighted by atomic mass is 16.4. The Kier molecular flexibility index (Phi) is 3.05. The summed E-state index contributed by atoms with van der Waals surface area (Å²) >= 11 is 0. The van der Waals surface area contributed by atoms with Crippen LogP contribution in [0.25, 0.3) is 0 Å². The number of rotatable bonds is 3. The Morgan fingerprint density at radius 1 is 1.38 bits per heavy atom. The molecule has 2 heterocycles. The first kappa shape index (κ1) is 10.9. The van der Waals surface area contributed by atoms with Gasteiger partial charge >= 0.3 is 0 Å². The van der Waals surface area contributed by atoms with E-state index in [1.54, 1.807) is 12.1 Å². The second-order valence-electron chi connectivity index (χ2n) is 3.95. The smallest absolute Gasteiger partial charge is 0.284 e. The fraction of sp³-hybridized carbons (Fsp3) is 0.455. The van der Waals surface area contributed by atoms with Crippen molar-refractivity contribution < 1.29 is 14.0 Å². The molecule has 1 fully saturated rings. The summed E-state index contributed by atoms with van der Waals surface area (Å²) in [4.78, 5) is 24.0. The van der Waals surface area contributed by atoms with Crippen LogP contribution in [0.1, 0.15) is 29.2 Å². The molecule has 1 amide bonds. The molecule has 0 radical (unpaired) electrons. The van der Waals surface area contributed by atoms with Crippen molar-refractivity contribution in [2.75, 3.05) is 13.1 Å². The van der Waals surface area contributed by atoms with E-state index in [4.69, 9.17) is 10.2 Å². The number of ketones is 1. The van der Waals surface area contributed by atoms with Crippen LogP contribution in [0.2, 0.25) is 0 Å². The van der Waals surface area contributed by atoms with Gasteiger partial charge in [-0.05, 0) is 12.1 Å². The zero-order valence-corrected chi connectivity index (χ0v) is 8.94. The molecule has 16 heavy (non-hydrogen) atoms. The predicted molar refractivity (Wildman–Crippen MR) is 56.7 cm³/mol. The number of piperidine rings is 1. The van der Waals surface area contributed by atoms with Gasteiger partial charge in [0.1, 0.15) is 11.5 Å². The van der Waals surface area contributed by atoms with Gasteiger partial charge in [-0.15, -0.1) is 0 Å². The van der Waals surface area contributed by atoms with Gasteiger partial charge < -0.3 is 10.2 Å². The highest BCUT2D eigenvalue weighted by Crippen LogP contribution is 2.13. The monoisotopic (exact) mass is 222 g/mol. The molecule has 1 aliphatic rings. The maximum Gasteiger partial charge on any atom is 0.284 e. The van der Waals surface area contributed by atoms with Gasteiger partial charge in [-0.25, -0.2) is 0 Å². The molecule has 0 unspecified atom stereocenters. The molecule has 0 saturated carbocycles. The van der Waals surface area contributed by atoms with Crippen molar-refractivity contribution in [3.05, 3.63) is 23.7 Å². The molecule has 0 bridgehead atoms. The van der Waals surface area contributed by atoms with Crippen molar-refractivity contribution in [1.29, 1.82) is 0 Å². The molecule has 1 saturated heterocycles. The van der Waals surface area contributed by atoms with Gasteiger partial charge in [0.25, 0.3) is 5.91 Å². The summed E-state index contributed by atoms with van der Waals surface area (Å²) in [7, 11) is 0. The molecule has 0 spiro atoms. The van der Waals surface area contributed by atoms with Crippen LogP contribution in [-0.4, -0.2) is 29.7 Å². The first-order valence-electron chi connectivity index (χ1n) is 5.28. The second-order valence-corrected chi connectivity index (χ2v) is 3.95. The fourth-order valence-electron chi connectivity index (χ4n) is 1.78. The minimum Gasteiger partial charge on any atom is -0.455 e. The molecule has 1 aromatic heterocycles. The molecular formula is C11H14N2O3. The van der Waals surface area contributed by atoms with E-state index < -0.39 is 5.91 Å². The maximum absolute atomic E-state index is 11.0. The number of amides is 1. The SMILES string of the molecule is NC(=O)c1ccc(CN2CCC(=O)CC2)o1. The highest BCUT2D eigenvalue weighted by molar-refractivity contribution is 5.89. The minimum absolute atomic E-state index is 0.183. The zero-order chi connectivity index (χ0) is 11.5. The van der Waals surface area contributed by atoms with Crippen LogP contribution < -0.4 is 5.73 Å². The Labute approximate surface area is 93.2 Å². The van der Waals surface area contributed by atoms with Crippen LogP contribution >= 0.6 is 0 Å². The normalized spacial score (nSPS) is 17.6. The van der Waals surface area contributed by atoms with E-state index in [1.807, 2.05) is 0 Å². The van der Waals surface area contributed by atoms with Crippen molar-refractivity contribution in [1.82, 2.24) is 4.90 Å². The van der Waals surface area contributed by atoms with Crippen LogP contribution in [0.15, 0.2) is 16.5 Å². The lowest BCUT2D eigenvalue weighted by Gasteiger charge is -2.24. The van der Waals surface area contributed by atoms with Gasteiger partial charge in [0, 0.05) is 25.9 Å². The van der Waals surface area contributed by atoms with Crippen LogP contribution in [0.4, 0.5) is 0 Å². The van der Waals surface area contributed by atoms with Crippen LogP contribution in [0.5, 0.6) is 0 Å². The maximum atomic E-state index is 11.0. The average molecular weight is 222 g/mol. The summed E-state index contributed by atoms with van der Waals surface area (Å²) in [6.45, 7) is 2.14. The molecule has 1 aliphatic heterocycles. The number of Topliss-reactive ketones (excluding diaryl/α,β-unsaturated/α-hetero) is 1. The van der Waals surface area contributed by atoms with E-state index in [9.17, 15) is 9.59 Å². The molecule has 0 atom stereocenters. The van der Waals surface area contributed by atoms with Crippen molar-refractivity contribution in [2.24, 2.45) is 5.73 Å². The number of carbonyl (C=O) groups excluding carboxylic acids is 2. The van der Waals surface area contributed by atoms with Gasteiger partial charge in [-0.3, -0.25) is 14.5 Å². The van der Waals surface area contributed by atoms with E-state index in [0.717, 1.165) is 13.1 Å². The summed E-state index contributed by atoms with van der Waals surface area (Å²) < 4.78 is 5.27. The summed E-state index contributed by atoms with van der Waals surface area (Å²) in [6.07, 6.45) is 1.20. The van der Waals surface area contributed by atoms with Crippen molar-refractivity contribution >= 4 is 11.7 Å². The van der Waals surface area contributed by atoms with Crippen molar-refractivity contribution in [3.63, 3.8) is 0 Å². The fourth-order valence-corrected chi connectivity index (χ4v) is 1.78. The average Bonchev–Trinajstić information content (AvgIpc) is 2.70. The molecule has 86 valence electrons. The standard InChI is InChI=1S/C11H14N2O3/c12-11(15)10-2-1-9(16-10)7-13-5-3-8(14)4-6-13/h1-2H,3-7H2,(H2,12,15).